The largest absolute Gasteiger partial charge is 0.313 e. The third kappa shape index (κ3) is 3.62. The summed E-state index contributed by atoms with van der Waals surface area (Å²) in [5, 5.41) is 9.15. The first-order chi connectivity index (χ1) is 10.4. The van der Waals surface area contributed by atoms with E-state index in [2.05, 4.69) is 33.1 Å². The number of hydrogen-bond donors (Lipinski definition) is 1. The van der Waals surface area contributed by atoms with E-state index in [1.807, 2.05) is 12.4 Å². The van der Waals surface area contributed by atoms with Gasteiger partial charge in [-0.3, -0.25) is 0 Å². The summed E-state index contributed by atoms with van der Waals surface area (Å²) in [5.74, 6) is 0.787. The lowest BCUT2D eigenvalue weighted by atomic mass is 9.89. The summed E-state index contributed by atoms with van der Waals surface area (Å²) in [5.41, 5.74) is 2.29. The lowest BCUT2D eigenvalue weighted by molar-refractivity contribution is 0.311. The van der Waals surface area contributed by atoms with E-state index < -0.39 is 0 Å². The topological polar surface area (TPSA) is 42.7 Å². The number of rotatable bonds is 6. The number of nitrogens with one attached hydrogen (secondary N) is 1. The highest BCUT2D eigenvalue weighted by molar-refractivity contribution is 5.74. The third-order valence-corrected chi connectivity index (χ3v) is 4.44. The van der Waals surface area contributed by atoms with Crippen LogP contribution in [0.3, 0.4) is 0 Å². The van der Waals surface area contributed by atoms with Gasteiger partial charge in [-0.1, -0.05) is 26.2 Å². The van der Waals surface area contributed by atoms with Gasteiger partial charge in [0.05, 0.1) is 6.20 Å². The van der Waals surface area contributed by atoms with Gasteiger partial charge < -0.3 is 5.32 Å². The molecule has 0 aliphatic heterocycles. The molecule has 0 atom stereocenters. The van der Waals surface area contributed by atoms with Crippen LogP contribution in [0.5, 0.6) is 0 Å². The first kappa shape index (κ1) is 14.5. The zero-order valence-corrected chi connectivity index (χ0v) is 13.0. The van der Waals surface area contributed by atoms with Crippen LogP contribution in [0.2, 0.25) is 0 Å². The van der Waals surface area contributed by atoms with Crippen molar-refractivity contribution in [3.8, 4) is 0 Å². The molecule has 1 fully saturated rings. The fourth-order valence-corrected chi connectivity index (χ4v) is 3.27. The summed E-state index contributed by atoms with van der Waals surface area (Å²) in [4.78, 5) is 4.65. The average Bonchev–Trinajstić information content (AvgIpc) is 2.91. The molecule has 4 heteroatoms. The van der Waals surface area contributed by atoms with Crippen molar-refractivity contribution in [2.75, 3.05) is 6.54 Å². The number of aromatic nitrogens is 3. The summed E-state index contributed by atoms with van der Waals surface area (Å²) in [6.45, 7) is 5.16. The molecule has 0 saturated heterocycles. The Morgan fingerprint density at radius 3 is 2.90 bits per heavy atom. The van der Waals surface area contributed by atoms with Crippen LogP contribution in [0.15, 0.2) is 18.5 Å². The number of pyridine rings is 1. The molecule has 1 aliphatic carbocycles. The molecule has 0 radical (unpaired) electrons. The molecule has 3 rings (SSSR count). The van der Waals surface area contributed by atoms with Crippen molar-refractivity contribution in [1.82, 2.24) is 20.1 Å². The van der Waals surface area contributed by atoms with E-state index in [1.165, 1.54) is 43.1 Å². The standard InChI is InChI=1S/C17H26N4/c1-2-8-18-10-15-9-16-12-20-21(17(16)19-11-15)13-14-6-4-3-5-7-14/h9,11-12,14,18H,2-8,10,13H2,1H3. The van der Waals surface area contributed by atoms with Crippen molar-refractivity contribution in [1.29, 1.82) is 0 Å². The molecule has 114 valence electrons. The van der Waals surface area contributed by atoms with Gasteiger partial charge in [-0.05, 0) is 43.4 Å². The zero-order valence-electron chi connectivity index (χ0n) is 13.0. The van der Waals surface area contributed by atoms with E-state index in [4.69, 9.17) is 0 Å². The van der Waals surface area contributed by atoms with E-state index in [-0.39, 0.29) is 0 Å². The second-order valence-corrected chi connectivity index (χ2v) is 6.26. The van der Waals surface area contributed by atoms with E-state index in [0.29, 0.717) is 0 Å². The molecular weight excluding hydrogens is 260 g/mol. The van der Waals surface area contributed by atoms with Crippen LogP contribution in [-0.2, 0) is 13.1 Å². The minimum absolute atomic E-state index is 0.787. The quantitative estimate of drug-likeness (QED) is 0.826. The summed E-state index contributed by atoms with van der Waals surface area (Å²) in [7, 11) is 0. The van der Waals surface area contributed by atoms with Crippen molar-refractivity contribution in [2.45, 2.75) is 58.5 Å². The lowest BCUT2D eigenvalue weighted by Gasteiger charge is -2.21. The Hall–Kier alpha value is -1.42. The maximum absolute atomic E-state index is 4.65. The van der Waals surface area contributed by atoms with E-state index in [0.717, 1.165) is 37.6 Å². The van der Waals surface area contributed by atoms with E-state index in [9.17, 15) is 0 Å². The van der Waals surface area contributed by atoms with Gasteiger partial charge in [0.15, 0.2) is 5.65 Å². The van der Waals surface area contributed by atoms with Gasteiger partial charge in [0.25, 0.3) is 0 Å². The number of nitrogens with zero attached hydrogens (tertiary/aromatic N) is 3. The highest BCUT2D eigenvalue weighted by Crippen LogP contribution is 2.26. The molecule has 4 nitrogen and oxygen atoms in total. The predicted octanol–water partition coefficient (Wildman–Crippen LogP) is 3.51. The minimum Gasteiger partial charge on any atom is -0.313 e. The SMILES string of the molecule is CCCNCc1cnc2c(cnn2CC2CCCCC2)c1. The zero-order chi connectivity index (χ0) is 14.5. The number of hydrogen-bond acceptors (Lipinski definition) is 3. The number of fused-ring (bicyclic) bond motifs is 1. The molecule has 0 unspecified atom stereocenters. The van der Waals surface area contributed by atoms with Crippen LogP contribution in [0.1, 0.15) is 51.0 Å². The maximum Gasteiger partial charge on any atom is 0.157 e. The van der Waals surface area contributed by atoms with Crippen LogP contribution < -0.4 is 5.32 Å². The average molecular weight is 286 g/mol. The van der Waals surface area contributed by atoms with Crippen LogP contribution in [0, 0.1) is 5.92 Å². The van der Waals surface area contributed by atoms with Crippen LogP contribution >= 0.6 is 0 Å². The predicted molar refractivity (Wildman–Crippen MR) is 86.1 cm³/mol. The summed E-state index contributed by atoms with van der Waals surface area (Å²) in [6, 6.07) is 2.22. The first-order valence-electron chi connectivity index (χ1n) is 8.38. The normalized spacial score (nSPS) is 16.6. The highest BCUT2D eigenvalue weighted by Gasteiger charge is 2.16. The van der Waals surface area contributed by atoms with Crippen LogP contribution in [0.4, 0.5) is 0 Å². The van der Waals surface area contributed by atoms with E-state index >= 15 is 0 Å². The Kier molecular flexibility index (Phi) is 4.86. The van der Waals surface area contributed by atoms with Gasteiger partial charge in [0, 0.05) is 24.7 Å². The minimum atomic E-state index is 0.787. The third-order valence-electron chi connectivity index (χ3n) is 4.44. The molecule has 0 amide bonds. The van der Waals surface area contributed by atoms with Gasteiger partial charge in [0.2, 0.25) is 0 Å². The van der Waals surface area contributed by atoms with Crippen molar-refractivity contribution in [3.63, 3.8) is 0 Å². The molecule has 1 saturated carbocycles. The summed E-state index contributed by atoms with van der Waals surface area (Å²) < 4.78 is 2.11. The van der Waals surface area contributed by atoms with Gasteiger partial charge in [-0.15, -0.1) is 0 Å². The Morgan fingerprint density at radius 2 is 2.10 bits per heavy atom. The monoisotopic (exact) mass is 286 g/mol. The smallest absolute Gasteiger partial charge is 0.157 e. The van der Waals surface area contributed by atoms with Crippen molar-refractivity contribution < 1.29 is 0 Å². The van der Waals surface area contributed by atoms with Gasteiger partial charge in [-0.25, -0.2) is 9.67 Å². The fourth-order valence-electron chi connectivity index (χ4n) is 3.27. The van der Waals surface area contributed by atoms with E-state index in [1.54, 1.807) is 0 Å². The molecule has 1 aliphatic rings. The Morgan fingerprint density at radius 1 is 1.24 bits per heavy atom. The molecule has 2 aromatic rings. The second kappa shape index (κ2) is 7.03. The first-order valence-corrected chi connectivity index (χ1v) is 8.38. The highest BCUT2D eigenvalue weighted by atomic mass is 15.3. The molecule has 1 N–H and O–H groups in total. The molecule has 0 bridgehead atoms. The second-order valence-electron chi connectivity index (χ2n) is 6.26. The fraction of sp³-hybridized carbons (Fsp3) is 0.647. The lowest BCUT2D eigenvalue weighted by Crippen LogP contribution is -2.15. The summed E-state index contributed by atoms with van der Waals surface area (Å²) in [6.07, 6.45) is 12.0. The van der Waals surface area contributed by atoms with Crippen molar-refractivity contribution in [2.24, 2.45) is 5.92 Å². The van der Waals surface area contributed by atoms with Crippen molar-refractivity contribution >= 4 is 11.0 Å². The van der Waals surface area contributed by atoms with Crippen molar-refractivity contribution in [3.05, 3.63) is 24.0 Å². The summed E-state index contributed by atoms with van der Waals surface area (Å²) >= 11 is 0. The Labute approximate surface area is 126 Å². The molecule has 0 aromatic carbocycles. The van der Waals surface area contributed by atoms with Gasteiger partial charge in [-0.2, -0.15) is 5.10 Å². The maximum atomic E-state index is 4.65. The van der Waals surface area contributed by atoms with Crippen LogP contribution in [-0.4, -0.2) is 21.3 Å². The molecular formula is C17H26N4. The Bertz CT molecular complexity index is 569. The molecule has 2 aromatic heterocycles. The molecule has 21 heavy (non-hydrogen) atoms. The van der Waals surface area contributed by atoms with Gasteiger partial charge in [0.1, 0.15) is 0 Å². The molecule has 2 heterocycles. The van der Waals surface area contributed by atoms with Gasteiger partial charge >= 0.3 is 0 Å². The molecule has 0 spiro atoms. The Balaban J connectivity index is 1.69. The van der Waals surface area contributed by atoms with Crippen LogP contribution in [0.25, 0.3) is 11.0 Å².